The number of ether oxygens (including phenoxy) is 1. The summed E-state index contributed by atoms with van der Waals surface area (Å²) in [6.07, 6.45) is 4.74. The number of hydrogen-bond acceptors (Lipinski definition) is 5. The van der Waals surface area contributed by atoms with Crippen LogP contribution in [-0.2, 0) is 6.42 Å². The van der Waals surface area contributed by atoms with Crippen LogP contribution in [0.5, 0.6) is 5.75 Å². The van der Waals surface area contributed by atoms with Crippen LogP contribution in [0.3, 0.4) is 0 Å². The lowest BCUT2D eigenvalue weighted by Crippen LogP contribution is -2.26. The van der Waals surface area contributed by atoms with Gasteiger partial charge in [0, 0.05) is 6.54 Å². The number of pyridine rings is 1. The molecule has 0 bridgehead atoms. The second-order valence-corrected chi connectivity index (χ2v) is 5.65. The molecule has 0 unspecified atom stereocenters. The van der Waals surface area contributed by atoms with Crippen molar-refractivity contribution in [2.75, 3.05) is 13.2 Å². The number of nitrogens with one attached hydrogen (secondary N) is 1. The average molecular weight is 351 g/mol. The highest BCUT2D eigenvalue weighted by Gasteiger charge is 2.09. The van der Waals surface area contributed by atoms with E-state index in [4.69, 9.17) is 4.74 Å². The number of carbonyl (C=O) groups excluding carboxylic acids is 1. The van der Waals surface area contributed by atoms with Gasteiger partial charge in [0.2, 0.25) is 0 Å². The molecule has 2 heterocycles. The largest absolute Gasteiger partial charge is 0.494 e. The lowest BCUT2D eigenvalue weighted by Gasteiger charge is -2.10. The van der Waals surface area contributed by atoms with Gasteiger partial charge in [0.25, 0.3) is 5.91 Å². The van der Waals surface area contributed by atoms with Gasteiger partial charge in [-0.25, -0.2) is 4.98 Å². The Kier molecular flexibility index (Phi) is 5.92. The molecule has 0 aliphatic heterocycles. The molecule has 0 saturated carbocycles. The minimum atomic E-state index is -0.196. The predicted molar refractivity (Wildman–Crippen MR) is 97.4 cm³/mol. The lowest BCUT2D eigenvalue weighted by atomic mass is 10.1. The third kappa shape index (κ3) is 4.44. The van der Waals surface area contributed by atoms with E-state index in [9.17, 15) is 4.79 Å². The number of carbonyl (C=O) groups is 1. The van der Waals surface area contributed by atoms with Gasteiger partial charge in [-0.15, -0.1) is 10.2 Å². The Balaban J connectivity index is 1.53. The summed E-state index contributed by atoms with van der Waals surface area (Å²) in [6.45, 7) is 3.18. The summed E-state index contributed by atoms with van der Waals surface area (Å²) in [7, 11) is 0. The van der Waals surface area contributed by atoms with Gasteiger partial charge in [-0.2, -0.15) is 0 Å². The monoisotopic (exact) mass is 351 g/mol. The van der Waals surface area contributed by atoms with E-state index in [2.05, 4.69) is 26.6 Å². The van der Waals surface area contributed by atoms with Crippen LogP contribution in [0.15, 0.2) is 55.1 Å². The summed E-state index contributed by atoms with van der Waals surface area (Å²) in [4.78, 5) is 16.6. The molecule has 1 amide bonds. The van der Waals surface area contributed by atoms with E-state index in [1.807, 2.05) is 25.1 Å². The summed E-state index contributed by atoms with van der Waals surface area (Å²) in [5.41, 5.74) is 1.52. The van der Waals surface area contributed by atoms with Gasteiger partial charge in [0.15, 0.2) is 0 Å². The number of rotatable bonds is 8. The van der Waals surface area contributed by atoms with Crippen molar-refractivity contribution in [2.45, 2.75) is 19.8 Å². The van der Waals surface area contributed by atoms with Gasteiger partial charge in [-0.05, 0) is 43.5 Å². The average Bonchev–Trinajstić information content (AvgIpc) is 3.21. The van der Waals surface area contributed by atoms with Crippen molar-refractivity contribution < 1.29 is 9.53 Å². The smallest absolute Gasteiger partial charge is 0.269 e. The van der Waals surface area contributed by atoms with Gasteiger partial charge in [0.05, 0.1) is 6.61 Å². The number of aromatic nitrogens is 4. The van der Waals surface area contributed by atoms with Crippen molar-refractivity contribution in [3.05, 3.63) is 66.4 Å². The minimum absolute atomic E-state index is 0.196. The Morgan fingerprint density at radius 1 is 1.12 bits per heavy atom. The van der Waals surface area contributed by atoms with Crippen LogP contribution in [0.4, 0.5) is 0 Å². The fraction of sp³-hybridized carbons (Fsp3) is 0.263. The van der Waals surface area contributed by atoms with Crippen LogP contribution < -0.4 is 10.1 Å². The van der Waals surface area contributed by atoms with Gasteiger partial charge in [-0.1, -0.05) is 24.3 Å². The maximum atomic E-state index is 12.3. The molecular formula is C19H21N5O2. The number of nitrogens with zero attached hydrogens (tertiary/aromatic N) is 4. The molecule has 1 aromatic carbocycles. The molecule has 2 aromatic heterocycles. The highest BCUT2D eigenvalue weighted by Crippen LogP contribution is 2.19. The standard InChI is InChI=1S/C19H21N5O2/c1-2-26-17-10-4-3-7-15(17)8-6-12-20-19(25)16-9-5-11-18(23-16)24-13-21-22-14-24/h3-5,7,9-11,13-14H,2,6,8,12H2,1H3,(H,20,25). The topological polar surface area (TPSA) is 81.9 Å². The first-order chi connectivity index (χ1) is 12.8. The fourth-order valence-corrected chi connectivity index (χ4v) is 2.59. The summed E-state index contributed by atoms with van der Waals surface area (Å²) in [6, 6.07) is 13.3. The molecule has 0 radical (unpaired) electrons. The molecule has 3 aromatic rings. The summed E-state index contributed by atoms with van der Waals surface area (Å²) in [5.74, 6) is 1.32. The summed E-state index contributed by atoms with van der Waals surface area (Å²) < 4.78 is 7.28. The first-order valence-corrected chi connectivity index (χ1v) is 8.59. The van der Waals surface area contributed by atoms with E-state index in [0.717, 1.165) is 24.2 Å². The Bertz CT molecular complexity index is 849. The Labute approximate surface area is 152 Å². The number of amides is 1. The molecular weight excluding hydrogens is 330 g/mol. The van der Waals surface area contributed by atoms with Gasteiger partial charge >= 0.3 is 0 Å². The molecule has 7 nitrogen and oxygen atoms in total. The molecule has 0 spiro atoms. The highest BCUT2D eigenvalue weighted by atomic mass is 16.5. The molecule has 0 saturated heterocycles. The van der Waals surface area contributed by atoms with Crippen LogP contribution >= 0.6 is 0 Å². The molecule has 0 atom stereocenters. The maximum Gasteiger partial charge on any atom is 0.269 e. The van der Waals surface area contributed by atoms with Crippen molar-refractivity contribution in [1.82, 2.24) is 25.1 Å². The zero-order valence-electron chi connectivity index (χ0n) is 14.6. The van der Waals surface area contributed by atoms with E-state index in [1.54, 1.807) is 35.4 Å². The quantitative estimate of drug-likeness (QED) is 0.630. The van der Waals surface area contributed by atoms with E-state index in [-0.39, 0.29) is 5.91 Å². The van der Waals surface area contributed by atoms with Crippen LogP contribution in [0.25, 0.3) is 5.82 Å². The van der Waals surface area contributed by atoms with Crippen molar-refractivity contribution in [2.24, 2.45) is 0 Å². The van der Waals surface area contributed by atoms with Gasteiger partial charge in [0.1, 0.15) is 29.9 Å². The number of aryl methyl sites for hydroxylation is 1. The van der Waals surface area contributed by atoms with E-state index < -0.39 is 0 Å². The van der Waals surface area contributed by atoms with Crippen molar-refractivity contribution in [3.63, 3.8) is 0 Å². The second kappa shape index (κ2) is 8.75. The van der Waals surface area contributed by atoms with Gasteiger partial charge < -0.3 is 10.1 Å². The molecule has 26 heavy (non-hydrogen) atoms. The van der Waals surface area contributed by atoms with E-state index in [0.29, 0.717) is 24.7 Å². The summed E-state index contributed by atoms with van der Waals surface area (Å²) >= 11 is 0. The third-order valence-electron chi connectivity index (χ3n) is 3.83. The third-order valence-corrected chi connectivity index (χ3v) is 3.83. The molecule has 7 heteroatoms. The molecule has 0 fully saturated rings. The number of para-hydroxylation sites is 1. The number of benzene rings is 1. The molecule has 1 N–H and O–H groups in total. The van der Waals surface area contributed by atoms with Crippen LogP contribution in [0.1, 0.15) is 29.4 Å². The van der Waals surface area contributed by atoms with E-state index in [1.165, 1.54) is 0 Å². The first-order valence-electron chi connectivity index (χ1n) is 8.59. The Morgan fingerprint density at radius 3 is 2.73 bits per heavy atom. The first kappa shape index (κ1) is 17.6. The Morgan fingerprint density at radius 2 is 1.92 bits per heavy atom. The van der Waals surface area contributed by atoms with Crippen LogP contribution in [0.2, 0.25) is 0 Å². The predicted octanol–water partition coefficient (Wildman–Crippen LogP) is 2.42. The highest BCUT2D eigenvalue weighted by molar-refractivity contribution is 5.92. The van der Waals surface area contributed by atoms with Crippen molar-refractivity contribution in [3.8, 4) is 11.6 Å². The zero-order chi connectivity index (χ0) is 18.2. The second-order valence-electron chi connectivity index (χ2n) is 5.65. The molecule has 3 rings (SSSR count). The fourth-order valence-electron chi connectivity index (χ4n) is 2.59. The summed E-state index contributed by atoms with van der Waals surface area (Å²) in [5, 5.41) is 10.4. The number of hydrogen-bond donors (Lipinski definition) is 1. The SMILES string of the molecule is CCOc1ccccc1CCCNC(=O)c1cccc(-n2cnnc2)n1. The molecule has 134 valence electrons. The minimum Gasteiger partial charge on any atom is -0.494 e. The van der Waals surface area contributed by atoms with Crippen LogP contribution in [0, 0.1) is 0 Å². The normalized spacial score (nSPS) is 10.5. The molecule has 0 aliphatic rings. The van der Waals surface area contributed by atoms with Crippen molar-refractivity contribution in [1.29, 1.82) is 0 Å². The Hall–Kier alpha value is -3.22. The van der Waals surface area contributed by atoms with Crippen molar-refractivity contribution >= 4 is 5.91 Å². The zero-order valence-corrected chi connectivity index (χ0v) is 14.6. The van der Waals surface area contributed by atoms with Gasteiger partial charge in [-0.3, -0.25) is 9.36 Å². The van der Waals surface area contributed by atoms with Crippen LogP contribution in [-0.4, -0.2) is 38.8 Å². The lowest BCUT2D eigenvalue weighted by molar-refractivity contribution is 0.0948. The van der Waals surface area contributed by atoms with E-state index >= 15 is 0 Å². The maximum absolute atomic E-state index is 12.3. The molecule has 0 aliphatic carbocycles.